The molecule has 1 aromatic carbocycles. The minimum Gasteiger partial charge on any atom is -0.411 e. The Labute approximate surface area is 143 Å². The van der Waals surface area contributed by atoms with E-state index in [2.05, 4.69) is 22.4 Å². The zero-order valence-corrected chi connectivity index (χ0v) is 14.2. The molecule has 1 amide bonds. The highest BCUT2D eigenvalue weighted by Crippen LogP contribution is 2.25. The molecule has 0 aliphatic heterocycles. The number of nitro groups is 1. The van der Waals surface area contributed by atoms with Gasteiger partial charge >= 0.3 is 0 Å². The number of nitrogens with one attached hydrogen (secondary N) is 1. The Morgan fingerprint density at radius 3 is 2.96 bits per heavy atom. The second kappa shape index (κ2) is 8.44. The number of thioether (sulfide) groups is 1. The SMILES string of the molecule is CCC[C@H](C)NC(=O)CSc1nnc(-c2cccc([N+](=O)[O-])c2)o1. The van der Waals surface area contributed by atoms with Crippen molar-refractivity contribution in [3.05, 3.63) is 34.4 Å². The van der Waals surface area contributed by atoms with Gasteiger partial charge in [-0.3, -0.25) is 14.9 Å². The predicted octanol–water partition coefficient (Wildman–Crippen LogP) is 3.04. The van der Waals surface area contributed by atoms with Crippen LogP contribution in [-0.4, -0.2) is 32.8 Å². The molecule has 0 aliphatic rings. The molecule has 0 bridgehead atoms. The molecule has 0 saturated heterocycles. The number of benzene rings is 1. The average molecular weight is 350 g/mol. The Hall–Kier alpha value is -2.42. The monoisotopic (exact) mass is 350 g/mol. The highest BCUT2D eigenvalue weighted by Gasteiger charge is 2.14. The van der Waals surface area contributed by atoms with Crippen LogP contribution in [0.3, 0.4) is 0 Å². The molecule has 24 heavy (non-hydrogen) atoms. The minimum absolute atomic E-state index is 0.0517. The van der Waals surface area contributed by atoms with E-state index >= 15 is 0 Å². The van der Waals surface area contributed by atoms with Gasteiger partial charge in [-0.25, -0.2) is 0 Å². The van der Waals surface area contributed by atoms with Crippen molar-refractivity contribution >= 4 is 23.4 Å². The van der Waals surface area contributed by atoms with Crippen molar-refractivity contribution in [2.75, 3.05) is 5.75 Å². The fraction of sp³-hybridized carbons (Fsp3) is 0.400. The summed E-state index contributed by atoms with van der Waals surface area (Å²) >= 11 is 1.13. The standard InChI is InChI=1S/C15H18N4O4S/c1-3-5-10(2)16-13(20)9-24-15-18-17-14(23-15)11-6-4-7-12(8-11)19(21)22/h4,6-8,10H,3,5,9H2,1-2H3,(H,16,20)/t10-/m0/s1. The molecular weight excluding hydrogens is 332 g/mol. The van der Waals surface area contributed by atoms with Gasteiger partial charge in [-0.15, -0.1) is 10.2 Å². The number of amides is 1. The molecule has 1 aromatic heterocycles. The quantitative estimate of drug-likeness (QED) is 0.442. The number of hydrogen-bond donors (Lipinski definition) is 1. The second-order valence-electron chi connectivity index (χ2n) is 5.23. The van der Waals surface area contributed by atoms with Gasteiger partial charge in [-0.05, 0) is 19.4 Å². The van der Waals surface area contributed by atoms with Crippen LogP contribution in [0.1, 0.15) is 26.7 Å². The molecule has 0 aliphatic carbocycles. The average Bonchev–Trinajstić information content (AvgIpc) is 3.02. The third-order valence-electron chi connectivity index (χ3n) is 3.17. The van der Waals surface area contributed by atoms with Crippen molar-refractivity contribution in [2.45, 2.75) is 38.0 Å². The number of carbonyl (C=O) groups is 1. The lowest BCUT2D eigenvalue weighted by Gasteiger charge is -2.11. The molecule has 0 fully saturated rings. The Balaban J connectivity index is 1.95. The molecule has 2 rings (SSSR count). The van der Waals surface area contributed by atoms with Gasteiger partial charge in [-0.1, -0.05) is 31.2 Å². The first-order valence-corrected chi connectivity index (χ1v) is 8.48. The number of rotatable bonds is 8. The van der Waals surface area contributed by atoms with Crippen LogP contribution < -0.4 is 5.32 Å². The first-order chi connectivity index (χ1) is 11.5. The molecular formula is C15H18N4O4S. The van der Waals surface area contributed by atoms with Crippen LogP contribution in [0.5, 0.6) is 0 Å². The van der Waals surface area contributed by atoms with Gasteiger partial charge in [0.1, 0.15) is 0 Å². The van der Waals surface area contributed by atoms with Crippen LogP contribution in [0.4, 0.5) is 5.69 Å². The fourth-order valence-electron chi connectivity index (χ4n) is 2.09. The van der Waals surface area contributed by atoms with E-state index in [9.17, 15) is 14.9 Å². The first kappa shape index (κ1) is 17.9. The van der Waals surface area contributed by atoms with E-state index in [0.29, 0.717) is 5.56 Å². The molecule has 9 heteroatoms. The number of aromatic nitrogens is 2. The second-order valence-corrected chi connectivity index (χ2v) is 6.15. The van der Waals surface area contributed by atoms with E-state index in [0.717, 1.165) is 24.6 Å². The van der Waals surface area contributed by atoms with Gasteiger partial charge in [0, 0.05) is 23.7 Å². The van der Waals surface area contributed by atoms with Crippen LogP contribution in [0.2, 0.25) is 0 Å². The summed E-state index contributed by atoms with van der Waals surface area (Å²) in [7, 11) is 0. The van der Waals surface area contributed by atoms with Gasteiger partial charge in [0.15, 0.2) is 0 Å². The first-order valence-electron chi connectivity index (χ1n) is 7.50. The summed E-state index contributed by atoms with van der Waals surface area (Å²) in [6.07, 6.45) is 1.93. The minimum atomic E-state index is -0.489. The molecule has 8 nitrogen and oxygen atoms in total. The van der Waals surface area contributed by atoms with Crippen molar-refractivity contribution in [1.29, 1.82) is 0 Å². The van der Waals surface area contributed by atoms with Gasteiger partial charge in [-0.2, -0.15) is 0 Å². The number of carbonyl (C=O) groups excluding carboxylic acids is 1. The normalized spacial score (nSPS) is 11.9. The summed E-state index contributed by atoms with van der Waals surface area (Å²) < 4.78 is 5.45. The van der Waals surface area contributed by atoms with E-state index in [1.54, 1.807) is 12.1 Å². The maximum atomic E-state index is 11.8. The molecule has 128 valence electrons. The smallest absolute Gasteiger partial charge is 0.277 e. The van der Waals surface area contributed by atoms with E-state index < -0.39 is 4.92 Å². The van der Waals surface area contributed by atoms with E-state index in [-0.39, 0.29) is 34.5 Å². The van der Waals surface area contributed by atoms with Crippen LogP contribution in [0, 0.1) is 10.1 Å². The maximum Gasteiger partial charge on any atom is 0.277 e. The van der Waals surface area contributed by atoms with E-state index in [1.165, 1.54) is 12.1 Å². The Bertz CT molecular complexity index is 719. The van der Waals surface area contributed by atoms with Crippen molar-refractivity contribution in [1.82, 2.24) is 15.5 Å². The van der Waals surface area contributed by atoms with Crippen molar-refractivity contribution in [3.63, 3.8) is 0 Å². The number of hydrogen-bond acceptors (Lipinski definition) is 7. The molecule has 1 atom stereocenters. The summed E-state index contributed by atoms with van der Waals surface area (Å²) in [5, 5.41) is 21.6. The van der Waals surface area contributed by atoms with E-state index in [4.69, 9.17) is 4.42 Å². The van der Waals surface area contributed by atoms with Gasteiger partial charge < -0.3 is 9.73 Å². The van der Waals surface area contributed by atoms with Gasteiger partial charge in [0.25, 0.3) is 10.9 Å². The van der Waals surface area contributed by atoms with Gasteiger partial charge in [0.2, 0.25) is 11.8 Å². The summed E-state index contributed by atoms with van der Waals surface area (Å²) in [5.41, 5.74) is 0.411. The largest absolute Gasteiger partial charge is 0.411 e. The highest BCUT2D eigenvalue weighted by atomic mass is 32.2. The van der Waals surface area contributed by atoms with Gasteiger partial charge in [0.05, 0.1) is 10.7 Å². The molecule has 1 heterocycles. The van der Waals surface area contributed by atoms with Crippen molar-refractivity contribution in [2.24, 2.45) is 0 Å². The number of nitro benzene ring substituents is 1. The molecule has 0 saturated carbocycles. The fourth-order valence-corrected chi connectivity index (χ4v) is 2.66. The lowest BCUT2D eigenvalue weighted by atomic mass is 10.2. The summed E-state index contributed by atoms with van der Waals surface area (Å²) in [5.74, 6) is 0.252. The number of nitrogens with zero attached hydrogens (tertiary/aromatic N) is 3. The summed E-state index contributed by atoms with van der Waals surface area (Å²) in [4.78, 5) is 22.1. The molecule has 0 unspecified atom stereocenters. The Morgan fingerprint density at radius 1 is 1.46 bits per heavy atom. The highest BCUT2D eigenvalue weighted by molar-refractivity contribution is 7.99. The van der Waals surface area contributed by atoms with Crippen LogP contribution in [-0.2, 0) is 4.79 Å². The van der Waals surface area contributed by atoms with Crippen molar-refractivity contribution in [3.8, 4) is 11.5 Å². The zero-order valence-electron chi connectivity index (χ0n) is 13.4. The third-order valence-corrected chi connectivity index (χ3v) is 3.98. The molecule has 0 spiro atoms. The summed E-state index contributed by atoms with van der Waals surface area (Å²) in [6.45, 7) is 4.02. The molecule has 2 aromatic rings. The lowest BCUT2D eigenvalue weighted by Crippen LogP contribution is -2.33. The van der Waals surface area contributed by atoms with Crippen LogP contribution >= 0.6 is 11.8 Å². The van der Waals surface area contributed by atoms with Crippen LogP contribution in [0.25, 0.3) is 11.5 Å². The summed E-state index contributed by atoms with van der Waals surface area (Å²) in [6, 6.07) is 6.07. The van der Waals surface area contributed by atoms with Crippen LogP contribution in [0.15, 0.2) is 33.9 Å². The maximum absolute atomic E-state index is 11.8. The molecule has 0 radical (unpaired) electrons. The number of non-ortho nitro benzene ring substituents is 1. The predicted molar refractivity (Wildman–Crippen MR) is 89.6 cm³/mol. The Morgan fingerprint density at radius 2 is 2.25 bits per heavy atom. The van der Waals surface area contributed by atoms with Crippen molar-refractivity contribution < 1.29 is 14.1 Å². The molecule has 1 N–H and O–H groups in total. The lowest BCUT2D eigenvalue weighted by molar-refractivity contribution is -0.384. The zero-order chi connectivity index (χ0) is 17.5. The third kappa shape index (κ3) is 5.05. The van der Waals surface area contributed by atoms with E-state index in [1.807, 2.05) is 6.92 Å². The Kier molecular flexibility index (Phi) is 6.30. The topological polar surface area (TPSA) is 111 Å².